The Bertz CT molecular complexity index is 810. The maximum absolute atomic E-state index is 13.1. The summed E-state index contributed by atoms with van der Waals surface area (Å²) in [4.78, 5) is 24.1. The van der Waals surface area contributed by atoms with Crippen LogP contribution in [0.15, 0.2) is 40.8 Å². The second kappa shape index (κ2) is 6.15. The summed E-state index contributed by atoms with van der Waals surface area (Å²) >= 11 is 0. The molecule has 0 atom stereocenters. The zero-order chi connectivity index (χ0) is 18.2. The Morgan fingerprint density at radius 1 is 1.16 bits per heavy atom. The van der Waals surface area contributed by atoms with Crippen molar-refractivity contribution in [3.63, 3.8) is 0 Å². The molecule has 1 fully saturated rings. The molecular formula is C16H13F3N2O4. The van der Waals surface area contributed by atoms with Gasteiger partial charge in [0.2, 0.25) is 5.76 Å². The Labute approximate surface area is 139 Å². The molecule has 6 nitrogen and oxygen atoms in total. The number of nitrogens with two attached hydrogens (primary N) is 1. The Morgan fingerprint density at radius 2 is 1.84 bits per heavy atom. The number of ether oxygens (including phenoxy) is 1. The van der Waals surface area contributed by atoms with E-state index < -0.39 is 29.8 Å². The molecule has 0 bridgehead atoms. The number of carbonyl (C=O) groups excluding carboxylic acids is 2. The number of benzene rings is 1. The van der Waals surface area contributed by atoms with Crippen molar-refractivity contribution < 1.29 is 31.9 Å². The number of halogens is 3. The van der Waals surface area contributed by atoms with Crippen LogP contribution in [0, 0.1) is 0 Å². The summed E-state index contributed by atoms with van der Waals surface area (Å²) in [6, 6.07) is 6.81. The Balaban J connectivity index is 1.73. The fourth-order valence-corrected chi connectivity index (χ4v) is 2.44. The van der Waals surface area contributed by atoms with Crippen LogP contribution in [0.1, 0.15) is 16.1 Å². The van der Waals surface area contributed by atoms with E-state index in [2.05, 4.69) is 0 Å². The first-order valence-electron chi connectivity index (χ1n) is 7.27. The molecule has 25 heavy (non-hydrogen) atoms. The van der Waals surface area contributed by atoms with Crippen molar-refractivity contribution in [3.05, 3.63) is 47.7 Å². The lowest BCUT2D eigenvalue weighted by Crippen LogP contribution is -2.57. The van der Waals surface area contributed by atoms with E-state index in [1.165, 1.54) is 35.2 Å². The molecule has 0 unspecified atom stereocenters. The van der Waals surface area contributed by atoms with Gasteiger partial charge in [0.15, 0.2) is 0 Å². The highest BCUT2D eigenvalue weighted by molar-refractivity contribution is 5.87. The summed E-state index contributed by atoms with van der Waals surface area (Å²) in [5, 5.41) is 0. The van der Waals surface area contributed by atoms with E-state index >= 15 is 0 Å². The molecule has 1 aromatic heterocycles. The molecule has 1 aliphatic rings. The summed E-state index contributed by atoms with van der Waals surface area (Å²) < 4.78 is 49.5. The molecule has 132 valence electrons. The summed E-state index contributed by atoms with van der Waals surface area (Å²) in [6.45, 7) is 0.344. The minimum Gasteiger partial charge on any atom is -0.453 e. The summed E-state index contributed by atoms with van der Waals surface area (Å²) in [5.41, 5.74) is 4.03. The highest BCUT2D eigenvalue weighted by atomic mass is 19.4. The van der Waals surface area contributed by atoms with Crippen LogP contribution >= 0.6 is 0 Å². The average Bonchev–Trinajstić information content (AvgIpc) is 2.99. The van der Waals surface area contributed by atoms with Gasteiger partial charge in [-0.15, -0.1) is 0 Å². The van der Waals surface area contributed by atoms with Crippen molar-refractivity contribution in [1.29, 1.82) is 0 Å². The molecule has 2 amide bonds. The highest BCUT2D eigenvalue weighted by Crippen LogP contribution is 2.37. The van der Waals surface area contributed by atoms with Gasteiger partial charge in [-0.25, -0.2) is 9.59 Å². The van der Waals surface area contributed by atoms with E-state index in [1.54, 1.807) is 0 Å². The first-order valence-corrected chi connectivity index (χ1v) is 7.27. The zero-order valence-corrected chi connectivity index (χ0v) is 12.7. The number of amides is 2. The molecule has 0 aliphatic carbocycles. The molecule has 1 aromatic carbocycles. The first-order chi connectivity index (χ1) is 11.8. The van der Waals surface area contributed by atoms with Crippen molar-refractivity contribution >= 4 is 12.0 Å². The van der Waals surface area contributed by atoms with Gasteiger partial charge in [-0.3, -0.25) is 0 Å². The summed E-state index contributed by atoms with van der Waals surface area (Å²) in [5.74, 6) is -1.12. The SMILES string of the molecule is NC(=O)N1CC(OC(=O)c2ccc(-c3ccccc3C(F)(F)F)o2)C1. The highest BCUT2D eigenvalue weighted by Gasteiger charge is 2.35. The third-order valence-corrected chi connectivity index (χ3v) is 3.74. The maximum Gasteiger partial charge on any atom is 0.417 e. The van der Waals surface area contributed by atoms with Crippen molar-refractivity contribution in [1.82, 2.24) is 4.90 Å². The number of likely N-dealkylation sites (tertiary alicyclic amines) is 1. The Kier molecular flexibility index (Phi) is 4.15. The van der Waals surface area contributed by atoms with E-state index in [9.17, 15) is 22.8 Å². The van der Waals surface area contributed by atoms with E-state index in [0.717, 1.165) is 6.07 Å². The monoisotopic (exact) mass is 354 g/mol. The zero-order valence-electron chi connectivity index (χ0n) is 12.7. The molecule has 2 N–H and O–H groups in total. The predicted octanol–water partition coefficient (Wildman–Crippen LogP) is 2.89. The lowest BCUT2D eigenvalue weighted by molar-refractivity contribution is -0.137. The average molecular weight is 354 g/mol. The number of furan rings is 1. The van der Waals surface area contributed by atoms with Gasteiger partial charge in [0, 0.05) is 5.56 Å². The molecule has 2 heterocycles. The number of nitrogens with zero attached hydrogens (tertiary/aromatic N) is 1. The quantitative estimate of drug-likeness (QED) is 0.859. The molecule has 9 heteroatoms. The minimum atomic E-state index is -4.55. The number of alkyl halides is 3. The van der Waals surface area contributed by atoms with Crippen LogP contribution in [-0.2, 0) is 10.9 Å². The van der Waals surface area contributed by atoms with Gasteiger partial charge in [-0.05, 0) is 18.2 Å². The number of hydrogen-bond donors (Lipinski definition) is 1. The molecule has 0 radical (unpaired) electrons. The summed E-state index contributed by atoms with van der Waals surface area (Å²) in [7, 11) is 0. The smallest absolute Gasteiger partial charge is 0.417 e. The lowest BCUT2D eigenvalue weighted by Gasteiger charge is -2.36. The van der Waals surface area contributed by atoms with E-state index in [0.29, 0.717) is 0 Å². The van der Waals surface area contributed by atoms with Crippen molar-refractivity contribution in [2.24, 2.45) is 5.73 Å². The fourth-order valence-electron chi connectivity index (χ4n) is 2.44. The molecule has 1 aliphatic heterocycles. The molecule has 1 saturated heterocycles. The number of rotatable bonds is 3. The number of esters is 1. The van der Waals surface area contributed by atoms with Gasteiger partial charge in [-0.1, -0.05) is 18.2 Å². The third kappa shape index (κ3) is 3.44. The minimum absolute atomic E-state index is 0.0905. The van der Waals surface area contributed by atoms with Crippen LogP contribution in [0.5, 0.6) is 0 Å². The van der Waals surface area contributed by atoms with Gasteiger partial charge in [-0.2, -0.15) is 13.2 Å². The second-order valence-electron chi connectivity index (χ2n) is 5.48. The predicted molar refractivity (Wildman–Crippen MR) is 79.5 cm³/mol. The molecule has 0 saturated carbocycles. The van der Waals surface area contributed by atoms with E-state index in [1.807, 2.05) is 0 Å². The molecule has 2 aromatic rings. The van der Waals surface area contributed by atoms with Gasteiger partial charge in [0.05, 0.1) is 18.7 Å². The molecule has 3 rings (SSSR count). The molecule has 0 spiro atoms. The largest absolute Gasteiger partial charge is 0.453 e. The van der Waals surface area contributed by atoms with Gasteiger partial charge in [0.25, 0.3) is 0 Å². The lowest BCUT2D eigenvalue weighted by atomic mass is 10.1. The van der Waals surface area contributed by atoms with Crippen LogP contribution in [-0.4, -0.2) is 36.1 Å². The number of hydrogen-bond acceptors (Lipinski definition) is 4. The second-order valence-corrected chi connectivity index (χ2v) is 5.48. The van der Waals surface area contributed by atoms with Crippen LogP contribution in [0.3, 0.4) is 0 Å². The third-order valence-electron chi connectivity index (χ3n) is 3.74. The molecular weight excluding hydrogens is 341 g/mol. The van der Waals surface area contributed by atoms with Crippen molar-refractivity contribution in [3.8, 4) is 11.3 Å². The Morgan fingerprint density at radius 3 is 2.48 bits per heavy atom. The van der Waals surface area contributed by atoms with Gasteiger partial charge >= 0.3 is 18.2 Å². The Hall–Kier alpha value is -2.97. The van der Waals surface area contributed by atoms with E-state index in [4.69, 9.17) is 14.9 Å². The van der Waals surface area contributed by atoms with E-state index in [-0.39, 0.29) is 30.2 Å². The normalized spacial score (nSPS) is 14.9. The van der Waals surface area contributed by atoms with Gasteiger partial charge < -0.3 is 19.8 Å². The maximum atomic E-state index is 13.1. The van der Waals surface area contributed by atoms with Gasteiger partial charge in [0.1, 0.15) is 11.9 Å². The fraction of sp³-hybridized carbons (Fsp3) is 0.250. The van der Waals surface area contributed by atoms with Crippen LogP contribution < -0.4 is 5.73 Å². The number of urea groups is 1. The van der Waals surface area contributed by atoms with Crippen molar-refractivity contribution in [2.45, 2.75) is 12.3 Å². The standard InChI is InChI=1S/C16H13F3N2O4/c17-16(18,19)11-4-2-1-3-10(11)12-5-6-13(25-12)14(22)24-9-7-21(8-9)15(20)23/h1-6,9H,7-8H2,(H2,20,23). The topological polar surface area (TPSA) is 85.8 Å². The van der Waals surface area contributed by atoms with Crippen LogP contribution in [0.2, 0.25) is 0 Å². The first kappa shape index (κ1) is 16.9. The summed E-state index contributed by atoms with van der Waals surface area (Å²) in [6.07, 6.45) is -5.06. The number of primary amides is 1. The van der Waals surface area contributed by atoms with Crippen molar-refractivity contribution in [2.75, 3.05) is 13.1 Å². The van der Waals surface area contributed by atoms with Crippen LogP contribution in [0.25, 0.3) is 11.3 Å². The van der Waals surface area contributed by atoms with Crippen LogP contribution in [0.4, 0.5) is 18.0 Å². The number of carbonyl (C=O) groups is 2.